The van der Waals surface area contributed by atoms with Crippen LogP contribution in [0.5, 0.6) is 0 Å². The molecule has 0 aliphatic carbocycles. The fourth-order valence-corrected chi connectivity index (χ4v) is 4.89. The summed E-state index contributed by atoms with van der Waals surface area (Å²) in [7, 11) is 0. The number of hydrogen-bond acceptors (Lipinski definition) is 4. The highest BCUT2D eigenvalue weighted by Crippen LogP contribution is 2.40. The van der Waals surface area contributed by atoms with Gasteiger partial charge in [0.1, 0.15) is 12.2 Å². The number of hydrogen-bond donors (Lipinski definition) is 0. The summed E-state index contributed by atoms with van der Waals surface area (Å²) in [4.78, 5) is 25.3. The number of ether oxygens (including phenoxy) is 2. The van der Waals surface area contributed by atoms with Crippen molar-refractivity contribution in [3.8, 4) is 0 Å². The molecule has 0 bridgehead atoms. The Morgan fingerprint density at radius 1 is 0.618 bits per heavy atom. The summed E-state index contributed by atoms with van der Waals surface area (Å²) in [5.41, 5.74) is 1.03. The maximum absolute atomic E-state index is 12.7. The van der Waals surface area contributed by atoms with Crippen molar-refractivity contribution in [3.05, 3.63) is 71.8 Å². The zero-order chi connectivity index (χ0) is 25.5. The summed E-state index contributed by atoms with van der Waals surface area (Å²) in [6, 6.07) is 18.2. The van der Waals surface area contributed by atoms with Gasteiger partial charge in [0.15, 0.2) is 0 Å². The highest BCUT2D eigenvalue weighted by molar-refractivity contribution is 5.89. The molecule has 0 fully saturated rings. The monoisotopic (exact) mass is 466 g/mol. The normalized spacial score (nSPS) is 15.6. The predicted octanol–water partition coefficient (Wildman–Crippen LogP) is 7.58. The lowest BCUT2D eigenvalue weighted by molar-refractivity contribution is -0.0217. The highest BCUT2D eigenvalue weighted by atomic mass is 16.5. The van der Waals surface area contributed by atoms with Crippen molar-refractivity contribution in [2.24, 2.45) is 22.7 Å². The molecule has 2 aromatic carbocycles. The van der Waals surface area contributed by atoms with E-state index in [1.807, 2.05) is 50.2 Å². The van der Waals surface area contributed by atoms with E-state index in [4.69, 9.17) is 9.47 Å². The van der Waals surface area contributed by atoms with Crippen LogP contribution in [-0.4, -0.2) is 24.1 Å². The molecule has 0 radical (unpaired) electrons. The van der Waals surface area contributed by atoms with Crippen LogP contribution in [0.1, 0.15) is 88.9 Å². The predicted molar refractivity (Wildman–Crippen MR) is 138 cm³/mol. The van der Waals surface area contributed by atoms with Gasteiger partial charge in [0.05, 0.1) is 11.1 Å². The number of esters is 2. The van der Waals surface area contributed by atoms with Gasteiger partial charge in [-0.25, -0.2) is 9.59 Å². The van der Waals surface area contributed by atoms with Gasteiger partial charge in [-0.05, 0) is 61.8 Å². The van der Waals surface area contributed by atoms with Gasteiger partial charge < -0.3 is 9.47 Å². The van der Waals surface area contributed by atoms with Crippen LogP contribution in [0.15, 0.2) is 60.7 Å². The second kappa shape index (κ2) is 11.7. The maximum atomic E-state index is 12.7. The van der Waals surface area contributed by atoms with Gasteiger partial charge in [-0.2, -0.15) is 0 Å². The van der Waals surface area contributed by atoms with Gasteiger partial charge >= 0.3 is 11.9 Å². The van der Waals surface area contributed by atoms with Crippen LogP contribution in [0.2, 0.25) is 0 Å². The number of rotatable bonds is 9. The van der Waals surface area contributed by atoms with Crippen molar-refractivity contribution >= 4 is 11.9 Å². The van der Waals surface area contributed by atoms with E-state index in [1.54, 1.807) is 24.3 Å². The van der Waals surface area contributed by atoms with E-state index >= 15 is 0 Å². The summed E-state index contributed by atoms with van der Waals surface area (Å²) in [6.45, 7) is 17.1. The Bertz CT molecular complexity index is 829. The van der Waals surface area contributed by atoms with Gasteiger partial charge in [0.2, 0.25) is 0 Å². The molecule has 0 amide bonds. The molecular weight excluding hydrogens is 424 g/mol. The Morgan fingerprint density at radius 2 is 0.912 bits per heavy atom. The van der Waals surface area contributed by atoms with E-state index in [1.165, 1.54) is 0 Å². The average Bonchev–Trinajstić information content (AvgIpc) is 2.75. The van der Waals surface area contributed by atoms with Crippen molar-refractivity contribution in [2.45, 2.75) is 80.4 Å². The molecule has 186 valence electrons. The Kier molecular flexibility index (Phi) is 9.49. The molecule has 34 heavy (non-hydrogen) atoms. The van der Waals surface area contributed by atoms with E-state index in [9.17, 15) is 9.59 Å². The van der Waals surface area contributed by atoms with Crippen molar-refractivity contribution < 1.29 is 19.1 Å². The topological polar surface area (TPSA) is 52.6 Å². The van der Waals surface area contributed by atoms with Gasteiger partial charge in [0, 0.05) is 11.8 Å². The molecule has 0 saturated carbocycles. The van der Waals surface area contributed by atoms with Gasteiger partial charge in [0.25, 0.3) is 0 Å². The summed E-state index contributed by atoms with van der Waals surface area (Å²) in [5.74, 6) is -0.274. The first-order valence-electron chi connectivity index (χ1n) is 12.3. The van der Waals surface area contributed by atoms with Gasteiger partial charge in [-0.3, -0.25) is 0 Å². The summed E-state index contributed by atoms with van der Waals surface area (Å²) >= 11 is 0. The fourth-order valence-electron chi connectivity index (χ4n) is 4.89. The Morgan fingerprint density at radius 3 is 1.18 bits per heavy atom. The molecule has 4 nitrogen and oxygen atoms in total. The number of carbonyl (C=O) groups excluding carboxylic acids is 2. The minimum absolute atomic E-state index is 0.0528. The molecule has 4 heteroatoms. The SMILES string of the molecule is CC(OC(=O)c1ccccc1)C(CCC(C(C)OC(=O)c1ccccc1)C(C)(C)C)C(C)(C)C. The molecule has 4 unspecified atom stereocenters. The first-order valence-corrected chi connectivity index (χ1v) is 12.3. The molecule has 0 aliphatic rings. The van der Waals surface area contributed by atoms with E-state index in [2.05, 4.69) is 41.5 Å². The molecule has 0 aliphatic heterocycles. The van der Waals surface area contributed by atoms with E-state index < -0.39 is 0 Å². The summed E-state index contributed by atoms with van der Waals surface area (Å²) < 4.78 is 11.8. The third kappa shape index (κ3) is 8.00. The Balaban J connectivity index is 2.11. The number of benzene rings is 2. The van der Waals surface area contributed by atoms with Gasteiger partial charge in [-0.15, -0.1) is 0 Å². The molecule has 2 aromatic rings. The second-order valence-corrected chi connectivity index (χ2v) is 11.5. The number of carbonyl (C=O) groups is 2. The van der Waals surface area contributed by atoms with E-state index in [-0.39, 0.29) is 46.8 Å². The van der Waals surface area contributed by atoms with Crippen molar-refractivity contribution in [2.75, 3.05) is 0 Å². The Labute approximate surface area is 206 Å². The first kappa shape index (κ1) is 27.6. The quantitative estimate of drug-likeness (QED) is 0.357. The van der Waals surface area contributed by atoms with Crippen molar-refractivity contribution in [3.63, 3.8) is 0 Å². The van der Waals surface area contributed by atoms with Crippen LogP contribution in [0.25, 0.3) is 0 Å². The molecule has 0 heterocycles. The zero-order valence-electron chi connectivity index (χ0n) is 22.1. The van der Waals surface area contributed by atoms with Crippen molar-refractivity contribution in [1.82, 2.24) is 0 Å². The molecule has 4 atom stereocenters. The molecule has 0 aromatic heterocycles. The van der Waals surface area contributed by atoms with Crippen LogP contribution in [0, 0.1) is 22.7 Å². The smallest absolute Gasteiger partial charge is 0.338 e. The largest absolute Gasteiger partial charge is 0.459 e. The standard InChI is InChI=1S/C30H42O4/c1-21(33-27(31)23-15-11-9-12-16-23)25(29(3,4)5)19-20-26(30(6,7)8)22(2)34-28(32)24-17-13-10-14-18-24/h9-18,21-22,25-26H,19-20H2,1-8H3. The molecular formula is C30H42O4. The summed E-state index contributed by atoms with van der Waals surface area (Å²) in [5, 5.41) is 0. The second-order valence-electron chi connectivity index (χ2n) is 11.5. The van der Waals surface area contributed by atoms with E-state index in [0.717, 1.165) is 12.8 Å². The van der Waals surface area contributed by atoms with Crippen LogP contribution in [-0.2, 0) is 9.47 Å². The van der Waals surface area contributed by atoms with Crippen LogP contribution < -0.4 is 0 Å². The van der Waals surface area contributed by atoms with Gasteiger partial charge in [-0.1, -0.05) is 77.9 Å². The minimum Gasteiger partial charge on any atom is -0.459 e. The zero-order valence-corrected chi connectivity index (χ0v) is 22.1. The third-order valence-electron chi connectivity index (χ3n) is 6.75. The lowest BCUT2D eigenvalue weighted by Crippen LogP contribution is -2.38. The molecule has 0 N–H and O–H groups in total. The summed E-state index contributed by atoms with van der Waals surface area (Å²) in [6.07, 6.45) is 1.25. The van der Waals surface area contributed by atoms with Crippen LogP contribution in [0.4, 0.5) is 0 Å². The average molecular weight is 467 g/mol. The highest BCUT2D eigenvalue weighted by Gasteiger charge is 2.37. The molecule has 0 saturated heterocycles. The first-order chi connectivity index (χ1) is 15.8. The van der Waals surface area contributed by atoms with E-state index in [0.29, 0.717) is 11.1 Å². The molecule has 2 rings (SSSR count). The lowest BCUT2D eigenvalue weighted by atomic mass is 9.69. The minimum atomic E-state index is -0.292. The third-order valence-corrected chi connectivity index (χ3v) is 6.75. The van der Waals surface area contributed by atoms with Crippen molar-refractivity contribution in [1.29, 1.82) is 0 Å². The van der Waals surface area contributed by atoms with Crippen LogP contribution >= 0.6 is 0 Å². The fraction of sp³-hybridized carbons (Fsp3) is 0.533. The Hall–Kier alpha value is -2.62. The maximum Gasteiger partial charge on any atom is 0.338 e. The molecule has 0 spiro atoms. The van der Waals surface area contributed by atoms with Crippen LogP contribution in [0.3, 0.4) is 0 Å². The lowest BCUT2D eigenvalue weighted by Gasteiger charge is -2.39.